The predicted octanol–water partition coefficient (Wildman–Crippen LogP) is 5.59. The van der Waals surface area contributed by atoms with Gasteiger partial charge in [0, 0.05) is 12.4 Å². The second-order valence-electron chi connectivity index (χ2n) is 6.40. The Balaban J connectivity index is 1.86. The molecule has 3 heterocycles. The maximum atomic E-state index is 13.8. The van der Waals surface area contributed by atoms with Crippen molar-refractivity contribution in [1.29, 1.82) is 0 Å². The Morgan fingerprint density at radius 1 is 1.08 bits per heavy atom. The Labute approximate surface area is 141 Å². The Kier molecular flexibility index (Phi) is 3.42. The van der Waals surface area contributed by atoms with Crippen molar-refractivity contribution < 1.29 is 13.2 Å². The largest absolute Gasteiger partial charge is 0.398 e. The summed E-state index contributed by atoms with van der Waals surface area (Å²) in [6.07, 6.45) is 0.0851. The van der Waals surface area contributed by atoms with E-state index in [-0.39, 0.29) is 11.5 Å². The molecule has 1 fully saturated rings. The first-order chi connectivity index (χ1) is 11.4. The van der Waals surface area contributed by atoms with E-state index < -0.39 is 11.6 Å². The number of halogens is 3. The van der Waals surface area contributed by atoms with E-state index in [1.165, 1.54) is 30.5 Å². The third kappa shape index (κ3) is 2.32. The van der Waals surface area contributed by atoms with Gasteiger partial charge in [0.25, 0.3) is 0 Å². The summed E-state index contributed by atoms with van der Waals surface area (Å²) in [4.78, 5) is 8.65. The average molecular weight is 348 g/mol. The highest BCUT2D eigenvalue weighted by molar-refractivity contribution is 7.17. The summed E-state index contributed by atoms with van der Waals surface area (Å²) >= 11 is 1.52. The number of hydrogen-bond donors (Lipinski definition) is 0. The fraction of sp³-hybridized carbons (Fsp3) is 0.333. The molecular formula is C18H15F3N2S. The van der Waals surface area contributed by atoms with E-state index >= 15 is 0 Å². The third-order valence-corrected chi connectivity index (χ3v) is 5.89. The number of aromatic nitrogens is 2. The molecule has 0 radical (unpaired) electrons. The van der Waals surface area contributed by atoms with Gasteiger partial charge in [-0.25, -0.2) is 0 Å². The molecule has 6 heteroatoms. The van der Waals surface area contributed by atoms with Gasteiger partial charge in [0.2, 0.25) is 0 Å². The van der Waals surface area contributed by atoms with Crippen LogP contribution in [-0.4, -0.2) is 16.1 Å². The van der Waals surface area contributed by atoms with Crippen molar-refractivity contribution in [2.75, 3.05) is 0 Å². The minimum atomic E-state index is -4.28. The van der Waals surface area contributed by atoms with E-state index in [0.717, 1.165) is 10.1 Å². The third-order valence-electron chi connectivity index (χ3n) is 4.95. The molecule has 2 nitrogen and oxygen atoms in total. The zero-order valence-corrected chi connectivity index (χ0v) is 13.8. The molecule has 3 aromatic heterocycles. The van der Waals surface area contributed by atoms with Crippen LogP contribution in [0.5, 0.6) is 0 Å². The van der Waals surface area contributed by atoms with Crippen LogP contribution in [0, 0.1) is 5.92 Å². The topological polar surface area (TPSA) is 25.8 Å². The quantitative estimate of drug-likeness (QED) is 0.617. The maximum absolute atomic E-state index is 13.8. The molecule has 1 aliphatic rings. The Hall–Kier alpha value is -1.95. The first-order valence-corrected chi connectivity index (χ1v) is 8.65. The average Bonchev–Trinajstić information content (AvgIpc) is 3.30. The van der Waals surface area contributed by atoms with Gasteiger partial charge in [-0.15, -0.1) is 11.3 Å². The summed E-state index contributed by atoms with van der Waals surface area (Å²) in [5.41, 5.74) is -0.409. The van der Waals surface area contributed by atoms with Crippen LogP contribution in [0.25, 0.3) is 21.5 Å². The smallest absolute Gasteiger partial charge is 0.255 e. The Morgan fingerprint density at radius 2 is 1.83 bits per heavy atom. The molecule has 0 aliphatic heterocycles. The summed E-state index contributed by atoms with van der Waals surface area (Å²) < 4.78 is 42.3. The summed E-state index contributed by atoms with van der Waals surface area (Å²) in [5, 5.41) is 2.97. The summed E-state index contributed by atoms with van der Waals surface area (Å²) in [6.45, 7) is 1.31. The molecular weight excluding hydrogens is 333 g/mol. The number of hydrogen-bond acceptors (Lipinski definition) is 3. The molecule has 1 saturated carbocycles. The zero-order chi connectivity index (χ0) is 16.9. The molecule has 0 N–H and O–H groups in total. The van der Waals surface area contributed by atoms with Gasteiger partial charge in [-0.1, -0.05) is 0 Å². The number of rotatable bonds is 3. The van der Waals surface area contributed by atoms with Crippen molar-refractivity contribution in [2.45, 2.75) is 31.4 Å². The van der Waals surface area contributed by atoms with Crippen molar-refractivity contribution in [3.8, 4) is 11.4 Å². The van der Waals surface area contributed by atoms with Crippen molar-refractivity contribution in [3.05, 3.63) is 47.6 Å². The minimum absolute atomic E-state index is 0.276. The van der Waals surface area contributed by atoms with Gasteiger partial charge in [0.15, 0.2) is 0 Å². The lowest BCUT2D eigenvalue weighted by molar-refractivity contribution is -0.192. The number of thiophene rings is 1. The van der Waals surface area contributed by atoms with Crippen LogP contribution in [0.1, 0.15) is 25.3 Å². The van der Waals surface area contributed by atoms with Gasteiger partial charge >= 0.3 is 6.18 Å². The first kappa shape index (κ1) is 15.6. The van der Waals surface area contributed by atoms with Gasteiger partial charge in [0.05, 0.1) is 15.8 Å². The molecule has 0 amide bonds. The zero-order valence-electron chi connectivity index (χ0n) is 13.0. The lowest BCUT2D eigenvalue weighted by atomic mass is 9.77. The van der Waals surface area contributed by atoms with Crippen LogP contribution in [0.3, 0.4) is 0 Å². The highest BCUT2D eigenvalue weighted by Gasteiger charge is 2.60. The second-order valence-corrected chi connectivity index (χ2v) is 7.32. The van der Waals surface area contributed by atoms with Crippen LogP contribution >= 0.6 is 11.3 Å². The lowest BCUT2D eigenvalue weighted by Crippen LogP contribution is -2.41. The van der Waals surface area contributed by atoms with E-state index in [0.29, 0.717) is 24.2 Å². The summed E-state index contributed by atoms with van der Waals surface area (Å²) in [5.74, 6) is -0.349. The lowest BCUT2D eigenvalue weighted by Gasteiger charge is -2.33. The van der Waals surface area contributed by atoms with Crippen molar-refractivity contribution in [2.24, 2.45) is 5.92 Å². The molecule has 1 aliphatic carbocycles. The molecule has 1 unspecified atom stereocenters. The van der Waals surface area contributed by atoms with Crippen LogP contribution in [-0.2, 0) is 5.41 Å². The highest BCUT2D eigenvalue weighted by Crippen LogP contribution is 2.55. The SMILES string of the molecule is CC(c1ccnc(-c2nccc3ccsc23)c1)(C1CC1)C(F)(F)F. The van der Waals surface area contributed by atoms with E-state index in [2.05, 4.69) is 9.97 Å². The Bertz CT molecular complexity index is 898. The minimum Gasteiger partial charge on any atom is -0.255 e. The standard InChI is InChI=1S/C18H15F3N2S/c1-17(12-2-3-12,18(19,20)21)13-5-8-22-14(10-13)15-16-11(4-7-23-15)6-9-24-16/h4-10,12H,2-3H2,1H3. The molecule has 1 atom stereocenters. The van der Waals surface area contributed by atoms with Gasteiger partial charge in [-0.3, -0.25) is 9.97 Å². The fourth-order valence-electron chi connectivity index (χ4n) is 3.25. The predicted molar refractivity (Wildman–Crippen MR) is 89.0 cm³/mol. The van der Waals surface area contributed by atoms with Gasteiger partial charge in [-0.2, -0.15) is 13.2 Å². The highest BCUT2D eigenvalue weighted by atomic mass is 32.1. The van der Waals surface area contributed by atoms with Crippen LogP contribution in [0.2, 0.25) is 0 Å². The van der Waals surface area contributed by atoms with E-state index in [4.69, 9.17) is 0 Å². The second kappa shape index (κ2) is 5.28. The van der Waals surface area contributed by atoms with E-state index in [9.17, 15) is 13.2 Å². The molecule has 0 spiro atoms. The molecule has 4 rings (SSSR count). The normalized spacial score (nSPS) is 17.8. The van der Waals surface area contributed by atoms with Gasteiger partial charge in [-0.05, 0) is 66.3 Å². The number of fused-ring (bicyclic) bond motifs is 1. The van der Waals surface area contributed by atoms with Crippen molar-refractivity contribution >= 4 is 21.4 Å². The van der Waals surface area contributed by atoms with Crippen LogP contribution < -0.4 is 0 Å². The molecule has 0 saturated heterocycles. The molecule has 24 heavy (non-hydrogen) atoms. The van der Waals surface area contributed by atoms with E-state index in [1.807, 2.05) is 17.5 Å². The summed E-state index contributed by atoms with van der Waals surface area (Å²) in [6, 6.07) is 6.92. The van der Waals surface area contributed by atoms with Crippen molar-refractivity contribution in [1.82, 2.24) is 9.97 Å². The van der Waals surface area contributed by atoms with E-state index in [1.54, 1.807) is 12.3 Å². The fourth-order valence-corrected chi connectivity index (χ4v) is 4.14. The first-order valence-electron chi connectivity index (χ1n) is 7.77. The molecule has 124 valence electrons. The molecule has 0 aromatic carbocycles. The van der Waals surface area contributed by atoms with Gasteiger partial charge < -0.3 is 0 Å². The number of alkyl halides is 3. The van der Waals surface area contributed by atoms with Crippen molar-refractivity contribution in [3.63, 3.8) is 0 Å². The van der Waals surface area contributed by atoms with Crippen LogP contribution in [0.15, 0.2) is 42.0 Å². The maximum Gasteiger partial charge on any atom is 0.398 e. The molecule has 0 bridgehead atoms. The summed E-state index contributed by atoms with van der Waals surface area (Å²) in [7, 11) is 0. The number of pyridine rings is 2. The van der Waals surface area contributed by atoms with Crippen LogP contribution in [0.4, 0.5) is 13.2 Å². The monoisotopic (exact) mass is 348 g/mol. The Morgan fingerprint density at radius 3 is 2.54 bits per heavy atom. The van der Waals surface area contributed by atoms with Gasteiger partial charge in [0.1, 0.15) is 5.69 Å². The molecule has 3 aromatic rings. The number of nitrogens with zero attached hydrogens (tertiary/aromatic N) is 2.